The molecule has 0 saturated heterocycles. The van der Waals surface area contributed by atoms with Gasteiger partial charge in [-0.2, -0.15) is 0 Å². The van der Waals surface area contributed by atoms with Crippen LogP contribution < -0.4 is 28.3 Å². The molecule has 0 atom stereocenters. The molecule has 0 heterocycles. The molecule has 0 unspecified atom stereocenters. The van der Waals surface area contributed by atoms with Gasteiger partial charge in [0.25, 0.3) is 0 Å². The lowest BCUT2D eigenvalue weighted by atomic mass is 9.98. The van der Waals surface area contributed by atoms with E-state index in [1.807, 2.05) is 0 Å². The van der Waals surface area contributed by atoms with E-state index >= 15 is 0 Å². The summed E-state index contributed by atoms with van der Waals surface area (Å²) in [5.41, 5.74) is 0. The van der Waals surface area contributed by atoms with Crippen LogP contribution in [0.15, 0.2) is 91.0 Å². The SMILES string of the molecule is [Cl-].c1ccc([P+](COC2CCCCC2)(c2ccccc2)c2ccccc2)cc1. The molecule has 1 aliphatic rings. The third kappa shape index (κ3) is 4.49. The lowest BCUT2D eigenvalue weighted by molar-refractivity contribution is -0.00000711. The van der Waals surface area contributed by atoms with Gasteiger partial charge in [0.1, 0.15) is 23.2 Å². The lowest BCUT2D eigenvalue weighted by Gasteiger charge is -2.30. The van der Waals surface area contributed by atoms with Crippen molar-refractivity contribution in [3.63, 3.8) is 0 Å². The van der Waals surface area contributed by atoms with Gasteiger partial charge in [0.05, 0.1) is 6.10 Å². The topological polar surface area (TPSA) is 9.23 Å². The predicted molar refractivity (Wildman–Crippen MR) is 118 cm³/mol. The fourth-order valence-corrected chi connectivity index (χ4v) is 7.99. The Kier molecular flexibility index (Phi) is 7.68. The standard InChI is InChI=1S/C25H28OP.ClH/c1-5-13-22(14-6-1)26-21-27(23-15-7-2-8-16-23,24-17-9-3-10-18-24)25-19-11-4-12-20-25;/h2-4,7-12,15-20,22H,1,5-6,13-14,21H2;1H/q+1;/p-1. The minimum atomic E-state index is -1.84. The number of rotatable bonds is 6. The summed E-state index contributed by atoms with van der Waals surface area (Å²) in [5, 5.41) is 4.20. The van der Waals surface area contributed by atoms with Crippen LogP contribution in [0.2, 0.25) is 0 Å². The molecular formula is C25H28ClOP. The van der Waals surface area contributed by atoms with Crippen molar-refractivity contribution in [1.82, 2.24) is 0 Å². The first-order chi connectivity index (χ1) is 13.4. The molecule has 0 bridgehead atoms. The van der Waals surface area contributed by atoms with Crippen LogP contribution in [0.1, 0.15) is 32.1 Å². The highest BCUT2D eigenvalue weighted by Crippen LogP contribution is 2.55. The van der Waals surface area contributed by atoms with Crippen molar-refractivity contribution >= 4 is 23.2 Å². The number of hydrogen-bond acceptors (Lipinski definition) is 1. The third-order valence-corrected chi connectivity index (χ3v) is 9.72. The van der Waals surface area contributed by atoms with Gasteiger partial charge in [-0.05, 0) is 49.2 Å². The van der Waals surface area contributed by atoms with Gasteiger partial charge in [-0.3, -0.25) is 0 Å². The van der Waals surface area contributed by atoms with E-state index in [4.69, 9.17) is 4.74 Å². The second kappa shape index (κ2) is 10.2. The molecule has 4 rings (SSSR count). The predicted octanol–water partition coefficient (Wildman–Crippen LogP) is 2.29. The number of halogens is 1. The molecule has 0 amide bonds. The van der Waals surface area contributed by atoms with Gasteiger partial charge in [0.15, 0.2) is 6.35 Å². The average molecular weight is 411 g/mol. The maximum absolute atomic E-state index is 6.66. The van der Waals surface area contributed by atoms with Crippen LogP contribution in [0.4, 0.5) is 0 Å². The van der Waals surface area contributed by atoms with Crippen LogP contribution in [-0.4, -0.2) is 12.5 Å². The Bertz CT molecular complexity index is 720. The van der Waals surface area contributed by atoms with E-state index in [1.54, 1.807) is 0 Å². The molecule has 0 spiro atoms. The van der Waals surface area contributed by atoms with Gasteiger partial charge in [-0.25, -0.2) is 0 Å². The average Bonchev–Trinajstić information content (AvgIpc) is 2.77. The molecule has 0 N–H and O–H groups in total. The zero-order valence-electron chi connectivity index (χ0n) is 16.2. The Morgan fingerprint density at radius 3 is 1.39 bits per heavy atom. The highest BCUT2D eigenvalue weighted by molar-refractivity contribution is 7.95. The molecule has 0 aliphatic heterocycles. The van der Waals surface area contributed by atoms with Crippen molar-refractivity contribution in [2.24, 2.45) is 0 Å². The van der Waals surface area contributed by atoms with Crippen LogP contribution in [0.5, 0.6) is 0 Å². The second-order valence-corrected chi connectivity index (χ2v) is 10.8. The summed E-state index contributed by atoms with van der Waals surface area (Å²) in [6.07, 6.45) is 7.58. The normalized spacial score (nSPS) is 15.0. The Hall–Kier alpha value is -1.66. The Morgan fingerprint density at radius 1 is 0.607 bits per heavy atom. The monoisotopic (exact) mass is 410 g/mol. The minimum absolute atomic E-state index is 0. The summed E-state index contributed by atoms with van der Waals surface area (Å²) in [6.45, 7) is 0. The molecule has 28 heavy (non-hydrogen) atoms. The van der Waals surface area contributed by atoms with Crippen LogP contribution >= 0.6 is 7.26 Å². The summed E-state index contributed by atoms with van der Waals surface area (Å²) in [6, 6.07) is 33.0. The van der Waals surface area contributed by atoms with Crippen molar-refractivity contribution in [3.05, 3.63) is 91.0 Å². The first-order valence-electron chi connectivity index (χ1n) is 10.1. The molecule has 1 nitrogen and oxygen atoms in total. The second-order valence-electron chi connectivity index (χ2n) is 7.37. The van der Waals surface area contributed by atoms with Crippen LogP contribution in [0, 0.1) is 0 Å². The van der Waals surface area contributed by atoms with E-state index in [1.165, 1.54) is 48.0 Å². The summed E-state index contributed by atoms with van der Waals surface area (Å²) in [7, 11) is -1.84. The van der Waals surface area contributed by atoms with Crippen molar-refractivity contribution in [2.45, 2.75) is 38.2 Å². The molecule has 3 aromatic carbocycles. The van der Waals surface area contributed by atoms with Crippen molar-refractivity contribution < 1.29 is 17.1 Å². The van der Waals surface area contributed by atoms with Crippen molar-refractivity contribution in [1.29, 1.82) is 0 Å². The Labute approximate surface area is 175 Å². The largest absolute Gasteiger partial charge is 1.00 e. The quantitative estimate of drug-likeness (QED) is 0.567. The van der Waals surface area contributed by atoms with Crippen LogP contribution in [0.25, 0.3) is 0 Å². The van der Waals surface area contributed by atoms with E-state index in [0.717, 1.165) is 6.35 Å². The molecule has 0 aromatic heterocycles. The molecule has 3 aromatic rings. The fourth-order valence-electron chi connectivity index (χ4n) is 4.17. The maximum atomic E-state index is 6.66. The van der Waals surface area contributed by atoms with E-state index in [0.29, 0.717) is 6.10 Å². The number of ether oxygens (including phenoxy) is 1. The van der Waals surface area contributed by atoms with Gasteiger partial charge in [-0.1, -0.05) is 73.9 Å². The molecule has 1 fully saturated rings. The molecule has 1 saturated carbocycles. The maximum Gasteiger partial charge on any atom is 0.171 e. The van der Waals surface area contributed by atoms with E-state index in [-0.39, 0.29) is 12.4 Å². The van der Waals surface area contributed by atoms with Gasteiger partial charge >= 0.3 is 0 Å². The van der Waals surface area contributed by atoms with Gasteiger partial charge in [0.2, 0.25) is 0 Å². The van der Waals surface area contributed by atoms with E-state index in [2.05, 4.69) is 91.0 Å². The summed E-state index contributed by atoms with van der Waals surface area (Å²) in [5.74, 6) is 0. The number of hydrogen-bond donors (Lipinski definition) is 0. The Morgan fingerprint density at radius 2 is 1.00 bits per heavy atom. The highest BCUT2D eigenvalue weighted by Gasteiger charge is 2.46. The van der Waals surface area contributed by atoms with Crippen LogP contribution in [-0.2, 0) is 4.74 Å². The van der Waals surface area contributed by atoms with Crippen LogP contribution in [0.3, 0.4) is 0 Å². The Balaban J connectivity index is 0.00000225. The van der Waals surface area contributed by atoms with Crippen molar-refractivity contribution in [3.8, 4) is 0 Å². The number of benzene rings is 3. The summed E-state index contributed by atoms with van der Waals surface area (Å²) >= 11 is 0. The zero-order valence-corrected chi connectivity index (χ0v) is 17.9. The smallest absolute Gasteiger partial charge is 0.171 e. The van der Waals surface area contributed by atoms with E-state index < -0.39 is 7.26 Å². The first-order valence-corrected chi connectivity index (χ1v) is 12.0. The van der Waals surface area contributed by atoms with Crippen molar-refractivity contribution in [2.75, 3.05) is 6.35 Å². The first kappa shape index (κ1) is 21.1. The lowest BCUT2D eigenvalue weighted by Crippen LogP contribution is -3.00. The van der Waals surface area contributed by atoms with Gasteiger partial charge in [-0.15, -0.1) is 0 Å². The molecule has 1 aliphatic carbocycles. The molecule has 146 valence electrons. The molecular weight excluding hydrogens is 383 g/mol. The van der Waals surface area contributed by atoms with Gasteiger partial charge < -0.3 is 17.1 Å². The highest BCUT2D eigenvalue weighted by atomic mass is 35.5. The van der Waals surface area contributed by atoms with E-state index in [9.17, 15) is 0 Å². The summed E-state index contributed by atoms with van der Waals surface area (Å²) in [4.78, 5) is 0. The molecule has 3 heteroatoms. The zero-order chi connectivity index (χ0) is 18.4. The third-order valence-electron chi connectivity index (χ3n) is 5.65. The minimum Gasteiger partial charge on any atom is -1.00 e. The summed E-state index contributed by atoms with van der Waals surface area (Å²) < 4.78 is 6.66. The van der Waals surface area contributed by atoms with Gasteiger partial charge in [0, 0.05) is 0 Å². The molecule has 0 radical (unpaired) electrons. The fraction of sp³-hybridized carbons (Fsp3) is 0.280.